The van der Waals surface area contributed by atoms with E-state index in [0.29, 0.717) is 0 Å². The molecule has 1 aromatic carbocycles. The molecular formula is C13H16F2O. The van der Waals surface area contributed by atoms with E-state index in [1.54, 1.807) is 6.07 Å². The van der Waals surface area contributed by atoms with E-state index in [9.17, 15) is 8.78 Å². The van der Waals surface area contributed by atoms with Crippen molar-refractivity contribution in [2.45, 2.75) is 44.8 Å². The van der Waals surface area contributed by atoms with Gasteiger partial charge in [0.15, 0.2) is 11.6 Å². The Labute approximate surface area is 94.4 Å². The standard InChI is InChI=1S/C13H16F2O/c1-2-3-10-5-7-13(16-10)9-4-6-11(14)12(15)8-9/h4,6,8,10,13H,2-3,5,7H2,1H3. The van der Waals surface area contributed by atoms with Crippen molar-refractivity contribution < 1.29 is 13.5 Å². The van der Waals surface area contributed by atoms with Gasteiger partial charge in [-0.3, -0.25) is 0 Å². The molecule has 3 heteroatoms. The molecule has 2 unspecified atom stereocenters. The van der Waals surface area contributed by atoms with E-state index in [4.69, 9.17) is 4.74 Å². The van der Waals surface area contributed by atoms with Gasteiger partial charge in [-0.25, -0.2) is 8.78 Å². The smallest absolute Gasteiger partial charge is 0.159 e. The average Bonchev–Trinajstić information content (AvgIpc) is 2.71. The van der Waals surface area contributed by atoms with Gasteiger partial charge in [0.25, 0.3) is 0 Å². The molecule has 0 amide bonds. The molecule has 16 heavy (non-hydrogen) atoms. The molecule has 1 aliphatic rings. The van der Waals surface area contributed by atoms with Crippen LogP contribution in [0.5, 0.6) is 0 Å². The van der Waals surface area contributed by atoms with Crippen LogP contribution in [-0.2, 0) is 4.74 Å². The highest BCUT2D eigenvalue weighted by Gasteiger charge is 2.26. The van der Waals surface area contributed by atoms with E-state index in [-0.39, 0.29) is 12.2 Å². The summed E-state index contributed by atoms with van der Waals surface area (Å²) in [6.07, 6.45) is 4.26. The van der Waals surface area contributed by atoms with Gasteiger partial charge in [0, 0.05) is 0 Å². The van der Waals surface area contributed by atoms with Crippen LogP contribution in [0.1, 0.15) is 44.3 Å². The minimum absolute atomic E-state index is 0.0633. The molecule has 1 saturated heterocycles. The first-order valence-electron chi connectivity index (χ1n) is 5.81. The highest BCUT2D eigenvalue weighted by Crippen LogP contribution is 2.34. The summed E-state index contributed by atoms with van der Waals surface area (Å²) in [6, 6.07) is 4.02. The van der Waals surface area contributed by atoms with Crippen LogP contribution in [0.4, 0.5) is 8.78 Å². The maximum atomic E-state index is 13.0. The van der Waals surface area contributed by atoms with Crippen molar-refractivity contribution >= 4 is 0 Å². The molecule has 0 radical (unpaired) electrons. The van der Waals surface area contributed by atoms with E-state index in [2.05, 4.69) is 6.92 Å². The van der Waals surface area contributed by atoms with Gasteiger partial charge in [-0.15, -0.1) is 0 Å². The summed E-state index contributed by atoms with van der Waals surface area (Å²) in [5.41, 5.74) is 0.748. The molecule has 0 aromatic heterocycles. The third kappa shape index (κ3) is 2.40. The fourth-order valence-corrected chi connectivity index (χ4v) is 2.20. The van der Waals surface area contributed by atoms with Crippen molar-refractivity contribution in [3.8, 4) is 0 Å². The number of halogens is 2. The third-order valence-electron chi connectivity index (χ3n) is 3.03. The lowest BCUT2D eigenvalue weighted by molar-refractivity contribution is 0.0394. The Morgan fingerprint density at radius 1 is 1.25 bits per heavy atom. The Balaban J connectivity index is 2.05. The lowest BCUT2D eigenvalue weighted by Gasteiger charge is -2.13. The van der Waals surface area contributed by atoms with Gasteiger partial charge in [0.2, 0.25) is 0 Å². The van der Waals surface area contributed by atoms with Crippen molar-refractivity contribution in [2.75, 3.05) is 0 Å². The van der Waals surface area contributed by atoms with Gasteiger partial charge in [-0.2, -0.15) is 0 Å². The minimum Gasteiger partial charge on any atom is -0.370 e. The number of ether oxygens (including phenoxy) is 1. The molecule has 1 aliphatic heterocycles. The highest BCUT2D eigenvalue weighted by molar-refractivity contribution is 5.20. The van der Waals surface area contributed by atoms with Crippen molar-refractivity contribution in [1.29, 1.82) is 0 Å². The Bertz CT molecular complexity index is 365. The van der Waals surface area contributed by atoms with E-state index < -0.39 is 11.6 Å². The zero-order valence-electron chi connectivity index (χ0n) is 9.38. The molecule has 1 fully saturated rings. The van der Waals surface area contributed by atoms with E-state index in [1.165, 1.54) is 12.1 Å². The number of benzene rings is 1. The first-order valence-corrected chi connectivity index (χ1v) is 5.81. The Kier molecular flexibility index (Phi) is 3.54. The summed E-state index contributed by atoms with van der Waals surface area (Å²) < 4.78 is 31.6. The largest absolute Gasteiger partial charge is 0.370 e. The molecule has 0 bridgehead atoms. The third-order valence-corrected chi connectivity index (χ3v) is 3.03. The fourth-order valence-electron chi connectivity index (χ4n) is 2.20. The van der Waals surface area contributed by atoms with Crippen LogP contribution in [0.15, 0.2) is 18.2 Å². The van der Waals surface area contributed by atoms with Gasteiger partial charge in [-0.1, -0.05) is 19.4 Å². The van der Waals surface area contributed by atoms with E-state index >= 15 is 0 Å². The van der Waals surface area contributed by atoms with Gasteiger partial charge < -0.3 is 4.74 Å². The molecule has 88 valence electrons. The molecule has 2 rings (SSSR count). The predicted octanol–water partition coefficient (Wildman–Crippen LogP) is 3.99. The maximum absolute atomic E-state index is 13.0. The van der Waals surface area contributed by atoms with Crippen LogP contribution in [0.25, 0.3) is 0 Å². The van der Waals surface area contributed by atoms with Crippen LogP contribution in [-0.4, -0.2) is 6.10 Å². The van der Waals surface area contributed by atoms with Crippen LogP contribution in [0, 0.1) is 11.6 Å². The molecule has 0 saturated carbocycles. The first kappa shape index (κ1) is 11.5. The molecule has 0 aliphatic carbocycles. The predicted molar refractivity (Wildman–Crippen MR) is 58.1 cm³/mol. The van der Waals surface area contributed by atoms with Crippen molar-refractivity contribution in [2.24, 2.45) is 0 Å². The normalized spacial score (nSPS) is 24.9. The Morgan fingerprint density at radius 2 is 2.06 bits per heavy atom. The molecule has 1 nitrogen and oxygen atoms in total. The molecule has 0 N–H and O–H groups in total. The van der Waals surface area contributed by atoms with Gasteiger partial charge in [-0.05, 0) is 37.0 Å². The lowest BCUT2D eigenvalue weighted by Crippen LogP contribution is -2.06. The van der Waals surface area contributed by atoms with E-state index in [0.717, 1.165) is 31.2 Å². The van der Waals surface area contributed by atoms with Gasteiger partial charge >= 0.3 is 0 Å². The quantitative estimate of drug-likeness (QED) is 0.757. The summed E-state index contributed by atoms with van der Waals surface area (Å²) in [5, 5.41) is 0. The zero-order chi connectivity index (χ0) is 11.5. The Morgan fingerprint density at radius 3 is 2.75 bits per heavy atom. The van der Waals surface area contributed by atoms with Crippen LogP contribution >= 0.6 is 0 Å². The number of rotatable bonds is 3. The molecule has 1 aromatic rings. The second-order valence-corrected chi connectivity index (χ2v) is 4.29. The molecular weight excluding hydrogens is 210 g/mol. The molecule has 0 spiro atoms. The van der Waals surface area contributed by atoms with Crippen molar-refractivity contribution in [3.05, 3.63) is 35.4 Å². The monoisotopic (exact) mass is 226 g/mol. The highest BCUT2D eigenvalue weighted by atomic mass is 19.2. The van der Waals surface area contributed by atoms with Gasteiger partial charge in [0.05, 0.1) is 12.2 Å². The van der Waals surface area contributed by atoms with Crippen molar-refractivity contribution in [1.82, 2.24) is 0 Å². The summed E-state index contributed by atoms with van der Waals surface area (Å²) in [7, 11) is 0. The fraction of sp³-hybridized carbons (Fsp3) is 0.538. The topological polar surface area (TPSA) is 9.23 Å². The zero-order valence-corrected chi connectivity index (χ0v) is 9.38. The molecule has 2 atom stereocenters. The van der Waals surface area contributed by atoms with E-state index in [1.807, 2.05) is 0 Å². The van der Waals surface area contributed by atoms with Crippen molar-refractivity contribution in [3.63, 3.8) is 0 Å². The Hall–Kier alpha value is -0.960. The summed E-state index contributed by atoms with van der Waals surface area (Å²) in [4.78, 5) is 0. The SMILES string of the molecule is CCCC1CCC(c2ccc(F)c(F)c2)O1. The van der Waals surface area contributed by atoms with Gasteiger partial charge in [0.1, 0.15) is 0 Å². The van der Waals surface area contributed by atoms with Crippen LogP contribution in [0.3, 0.4) is 0 Å². The number of hydrogen-bond acceptors (Lipinski definition) is 1. The summed E-state index contributed by atoms with van der Waals surface area (Å²) in [6.45, 7) is 2.12. The first-order chi connectivity index (χ1) is 7.70. The lowest BCUT2D eigenvalue weighted by atomic mass is 10.1. The van der Waals surface area contributed by atoms with Crippen LogP contribution < -0.4 is 0 Å². The average molecular weight is 226 g/mol. The summed E-state index contributed by atoms with van der Waals surface area (Å²) in [5.74, 6) is -1.59. The van der Waals surface area contributed by atoms with Crippen LogP contribution in [0.2, 0.25) is 0 Å². The second-order valence-electron chi connectivity index (χ2n) is 4.29. The minimum atomic E-state index is -0.799. The molecule has 1 heterocycles. The second kappa shape index (κ2) is 4.91. The number of hydrogen-bond donors (Lipinski definition) is 0. The maximum Gasteiger partial charge on any atom is 0.159 e. The summed E-state index contributed by atoms with van der Waals surface area (Å²) >= 11 is 0.